The van der Waals surface area contributed by atoms with Crippen LogP contribution in [-0.2, 0) is 9.53 Å². The van der Waals surface area contributed by atoms with E-state index in [-0.39, 0.29) is 6.10 Å². The lowest BCUT2D eigenvalue weighted by molar-refractivity contribution is -0.129. The molecule has 0 aromatic carbocycles. The normalized spacial score (nSPS) is 29.7. The van der Waals surface area contributed by atoms with Gasteiger partial charge in [0.25, 0.3) is 0 Å². The first-order valence-electron chi connectivity index (χ1n) is 5.50. The number of ether oxygens (including phenoxy) is 1. The fourth-order valence-corrected chi connectivity index (χ4v) is 2.09. The Bertz CT molecular complexity index is 179. The molecule has 0 aromatic heterocycles. The second kappa shape index (κ2) is 4.23. The smallest absolute Gasteiger partial charge is 0.138 e. The van der Waals surface area contributed by atoms with Crippen molar-refractivity contribution in [1.29, 1.82) is 0 Å². The van der Waals surface area contributed by atoms with Crippen LogP contribution >= 0.6 is 0 Å². The first-order valence-corrected chi connectivity index (χ1v) is 5.50. The first kappa shape index (κ1) is 9.20. The van der Waals surface area contributed by atoms with Gasteiger partial charge in [0, 0.05) is 18.9 Å². The van der Waals surface area contributed by atoms with Gasteiger partial charge in [-0.1, -0.05) is 6.42 Å². The lowest BCUT2D eigenvalue weighted by atomic mass is 9.80. The van der Waals surface area contributed by atoms with Gasteiger partial charge in [-0.15, -0.1) is 0 Å². The van der Waals surface area contributed by atoms with E-state index in [0.717, 1.165) is 25.9 Å². The van der Waals surface area contributed by atoms with E-state index >= 15 is 0 Å². The third-order valence-corrected chi connectivity index (χ3v) is 3.26. The summed E-state index contributed by atoms with van der Waals surface area (Å²) in [4.78, 5) is 11.6. The van der Waals surface area contributed by atoms with Crippen LogP contribution in [0.2, 0.25) is 0 Å². The van der Waals surface area contributed by atoms with Crippen LogP contribution in [0, 0.1) is 5.92 Å². The molecule has 13 heavy (non-hydrogen) atoms. The quantitative estimate of drug-likeness (QED) is 0.669. The number of carbonyl (C=O) groups is 1. The Morgan fingerprint density at radius 1 is 1.15 bits per heavy atom. The highest BCUT2D eigenvalue weighted by Crippen LogP contribution is 2.29. The fourth-order valence-electron chi connectivity index (χ4n) is 2.09. The zero-order chi connectivity index (χ0) is 9.10. The van der Waals surface area contributed by atoms with E-state index in [0.29, 0.717) is 18.1 Å². The largest absolute Gasteiger partial charge is 0.378 e. The SMILES string of the molecule is O=C(CC1CCCCO1)C1CCC1. The van der Waals surface area contributed by atoms with Crippen molar-refractivity contribution in [1.82, 2.24) is 0 Å². The summed E-state index contributed by atoms with van der Waals surface area (Å²) in [6, 6.07) is 0. The van der Waals surface area contributed by atoms with E-state index in [2.05, 4.69) is 0 Å². The van der Waals surface area contributed by atoms with Crippen LogP contribution in [0.15, 0.2) is 0 Å². The highest BCUT2D eigenvalue weighted by Gasteiger charge is 2.27. The average Bonchev–Trinajstić information content (AvgIpc) is 2.02. The van der Waals surface area contributed by atoms with Crippen LogP contribution in [0.3, 0.4) is 0 Å². The minimum atomic E-state index is 0.252. The highest BCUT2D eigenvalue weighted by molar-refractivity contribution is 5.82. The third kappa shape index (κ3) is 2.31. The van der Waals surface area contributed by atoms with E-state index in [4.69, 9.17) is 4.74 Å². The Morgan fingerprint density at radius 2 is 2.00 bits per heavy atom. The summed E-state index contributed by atoms with van der Waals surface area (Å²) >= 11 is 0. The predicted octanol–water partition coefficient (Wildman–Crippen LogP) is 2.31. The molecule has 2 rings (SSSR count). The van der Waals surface area contributed by atoms with Gasteiger partial charge >= 0.3 is 0 Å². The zero-order valence-electron chi connectivity index (χ0n) is 8.13. The van der Waals surface area contributed by atoms with E-state index in [1.165, 1.54) is 19.3 Å². The van der Waals surface area contributed by atoms with Crippen molar-refractivity contribution in [3.8, 4) is 0 Å². The summed E-state index contributed by atoms with van der Waals surface area (Å²) in [7, 11) is 0. The molecule has 0 radical (unpaired) electrons. The van der Waals surface area contributed by atoms with E-state index in [9.17, 15) is 4.79 Å². The van der Waals surface area contributed by atoms with Gasteiger partial charge in [-0.25, -0.2) is 0 Å². The second-order valence-electron chi connectivity index (χ2n) is 4.29. The van der Waals surface area contributed by atoms with Gasteiger partial charge in [0.05, 0.1) is 6.10 Å². The fraction of sp³-hybridized carbons (Fsp3) is 0.909. The van der Waals surface area contributed by atoms with Crippen LogP contribution in [0.4, 0.5) is 0 Å². The summed E-state index contributed by atoms with van der Waals surface area (Å²) < 4.78 is 5.55. The molecule has 2 fully saturated rings. The summed E-state index contributed by atoms with van der Waals surface area (Å²) in [5.41, 5.74) is 0. The van der Waals surface area contributed by atoms with Gasteiger partial charge in [-0.2, -0.15) is 0 Å². The lowest BCUT2D eigenvalue weighted by Crippen LogP contribution is -2.28. The molecule has 2 aliphatic rings. The highest BCUT2D eigenvalue weighted by atomic mass is 16.5. The van der Waals surface area contributed by atoms with Crippen LogP contribution in [0.25, 0.3) is 0 Å². The monoisotopic (exact) mass is 182 g/mol. The Labute approximate surface area is 79.7 Å². The molecule has 1 aliphatic heterocycles. The first-order chi connectivity index (χ1) is 6.36. The van der Waals surface area contributed by atoms with Gasteiger partial charge in [0.2, 0.25) is 0 Å². The summed E-state index contributed by atoms with van der Waals surface area (Å²) in [5.74, 6) is 0.851. The minimum absolute atomic E-state index is 0.252. The molecule has 2 heteroatoms. The number of hydrogen-bond acceptors (Lipinski definition) is 2. The number of hydrogen-bond donors (Lipinski definition) is 0. The molecule has 1 saturated carbocycles. The molecule has 1 atom stereocenters. The van der Waals surface area contributed by atoms with Crippen molar-refractivity contribution in [3.05, 3.63) is 0 Å². The second-order valence-corrected chi connectivity index (χ2v) is 4.29. The van der Waals surface area contributed by atoms with Crippen molar-refractivity contribution in [2.45, 2.75) is 51.0 Å². The molecule has 1 saturated heterocycles. The third-order valence-electron chi connectivity index (χ3n) is 3.26. The summed E-state index contributed by atoms with van der Waals surface area (Å²) in [6.07, 6.45) is 7.96. The Morgan fingerprint density at radius 3 is 2.54 bits per heavy atom. The number of Topliss-reactive ketones (excluding diaryl/α,β-unsaturated/α-hetero) is 1. The Hall–Kier alpha value is -0.370. The van der Waals surface area contributed by atoms with Crippen molar-refractivity contribution < 1.29 is 9.53 Å². The van der Waals surface area contributed by atoms with Crippen LogP contribution in [0.5, 0.6) is 0 Å². The summed E-state index contributed by atoms with van der Waals surface area (Å²) in [6.45, 7) is 0.864. The molecule has 1 heterocycles. The van der Waals surface area contributed by atoms with Gasteiger partial charge < -0.3 is 4.74 Å². The molecule has 1 unspecified atom stereocenters. The number of ketones is 1. The molecule has 2 nitrogen and oxygen atoms in total. The lowest BCUT2D eigenvalue weighted by Gasteiger charge is -2.27. The van der Waals surface area contributed by atoms with Crippen LogP contribution in [0.1, 0.15) is 44.9 Å². The Kier molecular flexibility index (Phi) is 2.99. The maximum Gasteiger partial charge on any atom is 0.138 e. The van der Waals surface area contributed by atoms with E-state index in [1.54, 1.807) is 0 Å². The summed E-state index contributed by atoms with van der Waals surface area (Å²) in [5, 5.41) is 0. The van der Waals surface area contributed by atoms with E-state index in [1.807, 2.05) is 0 Å². The maximum atomic E-state index is 11.6. The topological polar surface area (TPSA) is 26.3 Å². The van der Waals surface area contributed by atoms with Crippen molar-refractivity contribution in [3.63, 3.8) is 0 Å². The van der Waals surface area contributed by atoms with Crippen molar-refractivity contribution in [2.24, 2.45) is 5.92 Å². The van der Waals surface area contributed by atoms with Crippen molar-refractivity contribution in [2.75, 3.05) is 6.61 Å². The maximum absolute atomic E-state index is 11.6. The minimum Gasteiger partial charge on any atom is -0.378 e. The standard InChI is InChI=1S/C11H18O2/c12-11(9-4-3-5-9)8-10-6-1-2-7-13-10/h9-10H,1-8H2. The number of rotatable bonds is 3. The molecule has 0 bridgehead atoms. The van der Waals surface area contributed by atoms with Gasteiger partial charge in [0.15, 0.2) is 0 Å². The average molecular weight is 182 g/mol. The molecule has 1 aliphatic carbocycles. The molecular formula is C11H18O2. The van der Waals surface area contributed by atoms with Crippen LogP contribution < -0.4 is 0 Å². The van der Waals surface area contributed by atoms with Gasteiger partial charge in [0.1, 0.15) is 5.78 Å². The van der Waals surface area contributed by atoms with Gasteiger partial charge in [-0.3, -0.25) is 4.79 Å². The molecular weight excluding hydrogens is 164 g/mol. The Balaban J connectivity index is 1.72. The van der Waals surface area contributed by atoms with Gasteiger partial charge in [-0.05, 0) is 32.1 Å². The molecule has 0 amide bonds. The number of carbonyl (C=O) groups excluding carboxylic acids is 1. The zero-order valence-corrected chi connectivity index (χ0v) is 8.13. The van der Waals surface area contributed by atoms with Crippen molar-refractivity contribution >= 4 is 5.78 Å². The molecule has 0 aromatic rings. The van der Waals surface area contributed by atoms with E-state index < -0.39 is 0 Å². The van der Waals surface area contributed by atoms with Crippen LogP contribution in [-0.4, -0.2) is 18.5 Å². The molecule has 74 valence electrons. The molecule has 0 spiro atoms. The predicted molar refractivity (Wildman–Crippen MR) is 50.6 cm³/mol. The molecule has 0 N–H and O–H groups in total.